The number of rotatable bonds is 5. The van der Waals surface area contributed by atoms with Gasteiger partial charge in [0, 0.05) is 46.6 Å². The van der Waals surface area contributed by atoms with Gasteiger partial charge >= 0.3 is 0 Å². The van der Waals surface area contributed by atoms with E-state index in [1.54, 1.807) is 35.8 Å². The van der Waals surface area contributed by atoms with Crippen molar-refractivity contribution in [3.05, 3.63) is 88.9 Å². The van der Waals surface area contributed by atoms with Gasteiger partial charge in [0.15, 0.2) is 5.76 Å². The molecule has 0 radical (unpaired) electrons. The third-order valence-corrected chi connectivity index (χ3v) is 7.13. The molecule has 37 heavy (non-hydrogen) atoms. The van der Waals surface area contributed by atoms with Crippen LogP contribution in [0.1, 0.15) is 52.9 Å². The van der Waals surface area contributed by atoms with Crippen molar-refractivity contribution in [3.8, 4) is 5.75 Å². The fourth-order valence-electron chi connectivity index (χ4n) is 5.12. The first kappa shape index (κ1) is 24.6. The number of ether oxygens (including phenoxy) is 1. The van der Waals surface area contributed by atoms with Gasteiger partial charge in [-0.15, -0.1) is 0 Å². The molecule has 1 fully saturated rings. The largest absolute Gasteiger partial charge is 0.486 e. The van der Waals surface area contributed by atoms with Crippen molar-refractivity contribution >= 4 is 17.7 Å². The lowest BCUT2D eigenvalue weighted by Gasteiger charge is -2.37. The summed E-state index contributed by atoms with van der Waals surface area (Å²) in [6.07, 6.45) is 0.795. The van der Waals surface area contributed by atoms with E-state index in [2.05, 4.69) is 6.07 Å². The fraction of sp³-hybridized carbons (Fsp3) is 0.345. The predicted molar refractivity (Wildman–Crippen MR) is 137 cm³/mol. The third-order valence-electron chi connectivity index (χ3n) is 7.13. The van der Waals surface area contributed by atoms with E-state index >= 15 is 0 Å². The van der Waals surface area contributed by atoms with Crippen LogP contribution in [-0.4, -0.2) is 65.1 Å². The third kappa shape index (κ3) is 5.23. The predicted octanol–water partition coefficient (Wildman–Crippen LogP) is 3.66. The number of hydrogen-bond donors (Lipinski definition) is 0. The first-order chi connectivity index (χ1) is 17.9. The number of carbonyl (C=O) groups excluding carboxylic acids is 3. The lowest BCUT2D eigenvalue weighted by molar-refractivity contribution is -0.131. The quantitative estimate of drug-likeness (QED) is 0.533. The molecule has 1 saturated heterocycles. The molecule has 3 heterocycles. The molecule has 8 heteroatoms. The monoisotopic (exact) mass is 501 g/mol. The SMILES string of the molecule is CC(=O)N1CCN(C(=O)c2ccc(COc3ccc4c(c3)[C@H](c3ccccc3)N(C(C)=O)CC4)o2)CC1. The first-order valence-corrected chi connectivity index (χ1v) is 12.6. The molecular formula is C29H31N3O5. The second-order valence-corrected chi connectivity index (χ2v) is 9.49. The van der Waals surface area contributed by atoms with E-state index in [1.165, 1.54) is 5.56 Å². The lowest BCUT2D eigenvalue weighted by Crippen LogP contribution is -2.50. The molecule has 1 atom stereocenters. The summed E-state index contributed by atoms with van der Waals surface area (Å²) in [5.41, 5.74) is 3.33. The highest BCUT2D eigenvalue weighted by atomic mass is 16.5. The van der Waals surface area contributed by atoms with E-state index in [-0.39, 0.29) is 36.1 Å². The molecule has 2 aliphatic heterocycles. The normalized spacial score (nSPS) is 17.4. The number of furan rings is 1. The molecule has 3 aromatic rings. The van der Waals surface area contributed by atoms with E-state index < -0.39 is 0 Å². The van der Waals surface area contributed by atoms with Gasteiger partial charge in [0.1, 0.15) is 18.1 Å². The van der Waals surface area contributed by atoms with Crippen LogP contribution in [0.2, 0.25) is 0 Å². The van der Waals surface area contributed by atoms with E-state index in [9.17, 15) is 14.4 Å². The van der Waals surface area contributed by atoms with Crippen molar-refractivity contribution in [1.82, 2.24) is 14.7 Å². The Kier molecular flexibility index (Phi) is 6.99. The van der Waals surface area contributed by atoms with Gasteiger partial charge in [-0.1, -0.05) is 36.4 Å². The minimum absolute atomic E-state index is 0.0239. The van der Waals surface area contributed by atoms with Gasteiger partial charge in [-0.2, -0.15) is 0 Å². The van der Waals surface area contributed by atoms with Crippen molar-refractivity contribution in [2.24, 2.45) is 0 Å². The second kappa shape index (κ2) is 10.5. The number of fused-ring (bicyclic) bond motifs is 1. The van der Waals surface area contributed by atoms with Gasteiger partial charge < -0.3 is 23.9 Å². The van der Waals surface area contributed by atoms with Gasteiger partial charge in [0.05, 0.1) is 6.04 Å². The number of amides is 3. The minimum Gasteiger partial charge on any atom is -0.486 e. The van der Waals surface area contributed by atoms with Crippen molar-refractivity contribution < 1.29 is 23.5 Å². The topological polar surface area (TPSA) is 83.3 Å². The summed E-state index contributed by atoms with van der Waals surface area (Å²) < 4.78 is 11.8. The molecule has 0 spiro atoms. The van der Waals surface area contributed by atoms with Gasteiger partial charge in [-0.3, -0.25) is 14.4 Å². The standard InChI is InChI=1S/C29H31N3O5/c1-20(33)30-14-16-31(17-15-30)29(35)27-11-10-25(37-27)19-36-24-9-8-22-12-13-32(21(2)34)28(26(22)18-24)23-6-4-3-5-7-23/h3-11,18,28H,12-17,19H2,1-2H3/t28-/m0/s1. The molecule has 0 bridgehead atoms. The summed E-state index contributed by atoms with van der Waals surface area (Å²) >= 11 is 0. The Morgan fingerprint density at radius 1 is 0.865 bits per heavy atom. The Balaban J connectivity index is 1.28. The van der Waals surface area contributed by atoms with Crippen molar-refractivity contribution in [3.63, 3.8) is 0 Å². The highest BCUT2D eigenvalue weighted by Crippen LogP contribution is 2.37. The molecule has 0 N–H and O–H groups in total. The van der Waals surface area contributed by atoms with E-state index in [4.69, 9.17) is 9.15 Å². The van der Waals surface area contributed by atoms with E-state index in [0.717, 1.165) is 17.5 Å². The van der Waals surface area contributed by atoms with Crippen LogP contribution in [0.4, 0.5) is 0 Å². The summed E-state index contributed by atoms with van der Waals surface area (Å²) in [6, 6.07) is 19.3. The molecule has 2 aliphatic rings. The number of benzene rings is 2. The summed E-state index contributed by atoms with van der Waals surface area (Å²) in [5, 5.41) is 0. The maximum absolute atomic E-state index is 12.8. The molecule has 5 rings (SSSR count). The average Bonchev–Trinajstić information content (AvgIpc) is 3.40. The van der Waals surface area contributed by atoms with Crippen LogP contribution in [0.3, 0.4) is 0 Å². The van der Waals surface area contributed by atoms with E-state index in [0.29, 0.717) is 44.2 Å². The Bertz CT molecular complexity index is 1290. The lowest BCUT2D eigenvalue weighted by atomic mass is 9.88. The number of carbonyl (C=O) groups is 3. The summed E-state index contributed by atoms with van der Waals surface area (Å²) in [4.78, 5) is 42.1. The van der Waals surface area contributed by atoms with Crippen molar-refractivity contribution in [2.45, 2.75) is 32.9 Å². The average molecular weight is 502 g/mol. The van der Waals surface area contributed by atoms with Gasteiger partial charge in [-0.25, -0.2) is 0 Å². The molecular weight excluding hydrogens is 470 g/mol. The number of hydrogen-bond acceptors (Lipinski definition) is 5. The minimum atomic E-state index is -0.182. The van der Waals surface area contributed by atoms with Gasteiger partial charge in [0.25, 0.3) is 5.91 Å². The molecule has 0 saturated carbocycles. The summed E-state index contributed by atoms with van der Waals surface area (Å²) in [7, 11) is 0. The zero-order valence-corrected chi connectivity index (χ0v) is 21.2. The highest BCUT2D eigenvalue weighted by molar-refractivity contribution is 5.91. The number of nitrogens with zero attached hydrogens (tertiary/aromatic N) is 3. The maximum Gasteiger partial charge on any atom is 0.289 e. The summed E-state index contributed by atoms with van der Waals surface area (Å²) in [5.74, 6) is 1.38. The smallest absolute Gasteiger partial charge is 0.289 e. The Hall–Kier alpha value is -4.07. The van der Waals surface area contributed by atoms with Crippen molar-refractivity contribution in [1.29, 1.82) is 0 Å². The maximum atomic E-state index is 12.8. The zero-order chi connectivity index (χ0) is 25.9. The Morgan fingerprint density at radius 3 is 2.30 bits per heavy atom. The fourth-order valence-corrected chi connectivity index (χ4v) is 5.12. The molecule has 8 nitrogen and oxygen atoms in total. The molecule has 192 valence electrons. The molecule has 2 aromatic carbocycles. The first-order valence-electron chi connectivity index (χ1n) is 12.6. The second-order valence-electron chi connectivity index (χ2n) is 9.49. The van der Waals surface area contributed by atoms with Crippen LogP contribution in [0.5, 0.6) is 5.75 Å². The number of piperazine rings is 1. The zero-order valence-electron chi connectivity index (χ0n) is 21.2. The molecule has 0 aliphatic carbocycles. The van der Waals surface area contributed by atoms with Crippen LogP contribution in [-0.2, 0) is 22.6 Å². The van der Waals surface area contributed by atoms with Crippen molar-refractivity contribution in [2.75, 3.05) is 32.7 Å². The molecule has 1 aromatic heterocycles. The van der Waals surface area contributed by atoms with Crippen LogP contribution < -0.4 is 4.74 Å². The van der Waals surface area contributed by atoms with Crippen LogP contribution >= 0.6 is 0 Å². The Morgan fingerprint density at radius 2 is 1.59 bits per heavy atom. The van der Waals surface area contributed by atoms with Crippen LogP contribution in [0.25, 0.3) is 0 Å². The van der Waals surface area contributed by atoms with Crippen LogP contribution in [0, 0.1) is 0 Å². The summed E-state index contributed by atoms with van der Waals surface area (Å²) in [6.45, 7) is 6.04. The highest BCUT2D eigenvalue weighted by Gasteiger charge is 2.31. The van der Waals surface area contributed by atoms with Gasteiger partial charge in [-0.05, 0) is 47.4 Å². The van der Waals surface area contributed by atoms with Gasteiger partial charge in [0.2, 0.25) is 11.8 Å². The molecule has 0 unspecified atom stereocenters. The molecule has 3 amide bonds. The Labute approximate surface area is 216 Å². The van der Waals surface area contributed by atoms with E-state index in [1.807, 2.05) is 47.4 Å². The van der Waals surface area contributed by atoms with Crippen LogP contribution in [0.15, 0.2) is 65.1 Å².